The van der Waals surface area contributed by atoms with Gasteiger partial charge >= 0.3 is 0 Å². The van der Waals surface area contributed by atoms with E-state index in [9.17, 15) is 4.79 Å². The first-order valence-corrected chi connectivity index (χ1v) is 9.00. The minimum absolute atomic E-state index is 0.257. The molecule has 0 saturated heterocycles. The summed E-state index contributed by atoms with van der Waals surface area (Å²) in [5, 5.41) is 6.71. The lowest BCUT2D eigenvalue weighted by molar-refractivity contribution is 0.0945. The van der Waals surface area contributed by atoms with E-state index in [2.05, 4.69) is 25.6 Å². The predicted octanol–water partition coefficient (Wildman–Crippen LogP) is 3.42. The largest absolute Gasteiger partial charge is 0.354 e. The van der Waals surface area contributed by atoms with Crippen molar-refractivity contribution in [3.05, 3.63) is 82.4 Å². The summed E-state index contributed by atoms with van der Waals surface area (Å²) in [7, 11) is 0. The van der Waals surface area contributed by atoms with Gasteiger partial charge in [0, 0.05) is 23.5 Å². The number of pyridine rings is 1. The van der Waals surface area contributed by atoms with Crippen LogP contribution in [0.3, 0.4) is 0 Å². The molecule has 1 aromatic carbocycles. The van der Waals surface area contributed by atoms with Crippen LogP contribution < -0.4 is 10.6 Å². The standard InChI is InChI=1S/C20H20ClN5O/c1-14-12-18(19(27)24-13-17-4-2-3-10-22-17)26-20(25-14)23-11-9-15-5-7-16(21)8-6-15/h2-8,10,12H,9,11,13H2,1H3,(H,24,27)(H,23,25,26). The Labute approximate surface area is 163 Å². The molecule has 0 aliphatic carbocycles. The Morgan fingerprint density at radius 2 is 1.93 bits per heavy atom. The van der Waals surface area contributed by atoms with Crippen molar-refractivity contribution >= 4 is 23.5 Å². The van der Waals surface area contributed by atoms with Crippen LogP contribution in [0.2, 0.25) is 5.02 Å². The van der Waals surface area contributed by atoms with Gasteiger partial charge in [-0.1, -0.05) is 29.8 Å². The maximum atomic E-state index is 12.4. The number of hydrogen-bond donors (Lipinski definition) is 2. The Kier molecular flexibility index (Phi) is 6.33. The molecule has 138 valence electrons. The SMILES string of the molecule is Cc1cc(C(=O)NCc2ccccn2)nc(NCCc2ccc(Cl)cc2)n1. The lowest BCUT2D eigenvalue weighted by Gasteiger charge is -2.09. The molecule has 1 amide bonds. The highest BCUT2D eigenvalue weighted by molar-refractivity contribution is 6.30. The number of carbonyl (C=O) groups excluding carboxylic acids is 1. The van der Waals surface area contributed by atoms with Crippen molar-refractivity contribution in [3.8, 4) is 0 Å². The fraction of sp³-hybridized carbons (Fsp3) is 0.200. The second kappa shape index (κ2) is 9.09. The summed E-state index contributed by atoms with van der Waals surface area (Å²) >= 11 is 5.89. The highest BCUT2D eigenvalue weighted by Crippen LogP contribution is 2.10. The summed E-state index contributed by atoms with van der Waals surface area (Å²) in [6, 6.07) is 14.9. The summed E-state index contributed by atoms with van der Waals surface area (Å²) < 4.78 is 0. The number of amides is 1. The highest BCUT2D eigenvalue weighted by Gasteiger charge is 2.10. The summed E-state index contributed by atoms with van der Waals surface area (Å²) in [5.74, 6) is 0.179. The topological polar surface area (TPSA) is 79.8 Å². The summed E-state index contributed by atoms with van der Waals surface area (Å²) in [6.07, 6.45) is 2.49. The molecule has 0 spiro atoms. The number of benzene rings is 1. The van der Waals surface area contributed by atoms with Crippen LogP contribution in [-0.2, 0) is 13.0 Å². The van der Waals surface area contributed by atoms with Crippen LogP contribution in [-0.4, -0.2) is 27.4 Å². The molecule has 0 atom stereocenters. The van der Waals surface area contributed by atoms with Crippen molar-refractivity contribution in [1.82, 2.24) is 20.3 Å². The first kappa shape index (κ1) is 18.8. The van der Waals surface area contributed by atoms with Crippen molar-refractivity contribution in [2.24, 2.45) is 0 Å². The Bertz CT molecular complexity index is 900. The van der Waals surface area contributed by atoms with Crippen LogP contribution in [0, 0.1) is 6.92 Å². The summed E-state index contributed by atoms with van der Waals surface area (Å²) in [5.41, 5.74) is 3.00. The molecule has 6 nitrogen and oxygen atoms in total. The van der Waals surface area contributed by atoms with E-state index in [1.807, 2.05) is 49.4 Å². The van der Waals surface area contributed by atoms with Gasteiger partial charge in [-0.3, -0.25) is 9.78 Å². The molecular weight excluding hydrogens is 362 g/mol. The van der Waals surface area contributed by atoms with Crippen molar-refractivity contribution in [3.63, 3.8) is 0 Å². The molecule has 2 aromatic heterocycles. The van der Waals surface area contributed by atoms with Crippen molar-refractivity contribution in [2.75, 3.05) is 11.9 Å². The van der Waals surface area contributed by atoms with Gasteiger partial charge in [-0.2, -0.15) is 0 Å². The van der Waals surface area contributed by atoms with Crippen molar-refractivity contribution in [2.45, 2.75) is 19.9 Å². The van der Waals surface area contributed by atoms with Gasteiger partial charge in [0.1, 0.15) is 5.69 Å². The third kappa shape index (κ3) is 5.76. The zero-order valence-electron chi connectivity index (χ0n) is 14.9. The minimum atomic E-state index is -0.257. The first-order valence-electron chi connectivity index (χ1n) is 8.62. The Morgan fingerprint density at radius 3 is 2.67 bits per heavy atom. The van der Waals surface area contributed by atoms with E-state index < -0.39 is 0 Å². The lowest BCUT2D eigenvalue weighted by Crippen LogP contribution is -2.25. The van der Waals surface area contributed by atoms with E-state index in [0.29, 0.717) is 24.7 Å². The number of rotatable bonds is 7. The molecule has 0 unspecified atom stereocenters. The third-order valence-electron chi connectivity index (χ3n) is 3.85. The van der Waals surface area contributed by atoms with Gasteiger partial charge < -0.3 is 10.6 Å². The van der Waals surface area contributed by atoms with Gasteiger partial charge in [0.25, 0.3) is 5.91 Å². The third-order valence-corrected chi connectivity index (χ3v) is 4.11. The monoisotopic (exact) mass is 381 g/mol. The Balaban J connectivity index is 1.58. The van der Waals surface area contributed by atoms with Gasteiger partial charge in [-0.05, 0) is 49.2 Å². The molecule has 0 aliphatic rings. The maximum Gasteiger partial charge on any atom is 0.270 e. The number of aromatic nitrogens is 3. The fourth-order valence-corrected chi connectivity index (χ4v) is 2.62. The van der Waals surface area contributed by atoms with Crippen LogP contribution in [0.4, 0.5) is 5.95 Å². The van der Waals surface area contributed by atoms with E-state index in [0.717, 1.165) is 28.4 Å². The number of carbonyl (C=O) groups is 1. The van der Waals surface area contributed by atoms with Gasteiger partial charge in [-0.25, -0.2) is 9.97 Å². The number of nitrogens with zero attached hydrogens (tertiary/aromatic N) is 3. The number of anilines is 1. The minimum Gasteiger partial charge on any atom is -0.354 e. The van der Waals surface area contributed by atoms with Gasteiger partial charge in [0.05, 0.1) is 12.2 Å². The van der Waals surface area contributed by atoms with Crippen LogP contribution in [0.25, 0.3) is 0 Å². The smallest absolute Gasteiger partial charge is 0.270 e. The molecule has 3 aromatic rings. The molecule has 27 heavy (non-hydrogen) atoms. The predicted molar refractivity (Wildman–Crippen MR) is 106 cm³/mol. The van der Waals surface area contributed by atoms with E-state index >= 15 is 0 Å². The van der Waals surface area contributed by atoms with E-state index in [1.165, 1.54) is 0 Å². The zero-order chi connectivity index (χ0) is 19.1. The number of aryl methyl sites for hydroxylation is 1. The normalized spacial score (nSPS) is 10.4. The van der Waals surface area contributed by atoms with Crippen LogP contribution >= 0.6 is 11.6 Å². The van der Waals surface area contributed by atoms with E-state index in [-0.39, 0.29) is 5.91 Å². The highest BCUT2D eigenvalue weighted by atomic mass is 35.5. The number of hydrogen-bond acceptors (Lipinski definition) is 5. The summed E-state index contributed by atoms with van der Waals surface area (Å²) in [4.78, 5) is 25.2. The summed E-state index contributed by atoms with van der Waals surface area (Å²) in [6.45, 7) is 2.84. The van der Waals surface area contributed by atoms with Crippen LogP contribution in [0.1, 0.15) is 27.4 Å². The fourth-order valence-electron chi connectivity index (χ4n) is 2.50. The molecule has 0 fully saturated rings. The second-order valence-electron chi connectivity index (χ2n) is 6.03. The molecule has 0 bridgehead atoms. The average Bonchev–Trinajstić information content (AvgIpc) is 2.68. The van der Waals surface area contributed by atoms with E-state index in [1.54, 1.807) is 12.3 Å². The molecular formula is C20H20ClN5O. The molecule has 2 heterocycles. The average molecular weight is 382 g/mol. The number of halogens is 1. The van der Waals surface area contributed by atoms with Gasteiger partial charge in [0.15, 0.2) is 0 Å². The molecule has 7 heteroatoms. The number of nitrogens with one attached hydrogen (secondary N) is 2. The Morgan fingerprint density at radius 1 is 1.11 bits per heavy atom. The van der Waals surface area contributed by atoms with Crippen molar-refractivity contribution in [1.29, 1.82) is 0 Å². The zero-order valence-corrected chi connectivity index (χ0v) is 15.7. The van der Waals surface area contributed by atoms with Gasteiger partial charge in [0.2, 0.25) is 5.95 Å². The molecule has 2 N–H and O–H groups in total. The molecule has 3 rings (SSSR count). The molecule has 0 saturated carbocycles. The first-order chi connectivity index (χ1) is 13.1. The maximum absolute atomic E-state index is 12.4. The van der Waals surface area contributed by atoms with Crippen LogP contribution in [0.15, 0.2) is 54.7 Å². The molecule has 0 aliphatic heterocycles. The van der Waals surface area contributed by atoms with Crippen LogP contribution in [0.5, 0.6) is 0 Å². The second-order valence-corrected chi connectivity index (χ2v) is 6.46. The van der Waals surface area contributed by atoms with Crippen molar-refractivity contribution < 1.29 is 4.79 Å². The lowest BCUT2D eigenvalue weighted by atomic mass is 10.1. The molecule has 0 radical (unpaired) electrons. The van der Waals surface area contributed by atoms with E-state index in [4.69, 9.17) is 11.6 Å². The Hall–Kier alpha value is -2.99. The quantitative estimate of drug-likeness (QED) is 0.655. The van der Waals surface area contributed by atoms with Gasteiger partial charge in [-0.15, -0.1) is 0 Å².